The lowest BCUT2D eigenvalue weighted by molar-refractivity contribution is -0.711. The van der Waals surface area contributed by atoms with E-state index in [1.807, 2.05) is 0 Å². The molecule has 0 bridgehead atoms. The van der Waals surface area contributed by atoms with Crippen molar-refractivity contribution >= 4 is 23.5 Å². The molecule has 3 N–H and O–H groups in total. The molecule has 1 unspecified atom stereocenters. The van der Waals surface area contributed by atoms with Crippen molar-refractivity contribution in [3.05, 3.63) is 30.0 Å². The molecule has 3 aliphatic rings. The Balaban J connectivity index is 1.44. The second kappa shape index (κ2) is 8.16. The largest absolute Gasteiger partial charge is 0.392 e. The Morgan fingerprint density at radius 2 is 2.13 bits per heavy atom. The Hall–Kier alpha value is -2.01. The molecule has 0 radical (unpaired) electrons. The van der Waals surface area contributed by atoms with Crippen molar-refractivity contribution in [2.24, 2.45) is 22.7 Å². The minimum Gasteiger partial charge on any atom is -0.392 e. The number of allylic oxidation sites excluding steroid dienone is 2. The van der Waals surface area contributed by atoms with E-state index in [4.69, 9.17) is 5.73 Å². The van der Waals surface area contributed by atoms with Crippen molar-refractivity contribution in [3.63, 3.8) is 0 Å². The van der Waals surface area contributed by atoms with Crippen LogP contribution in [0.15, 0.2) is 30.0 Å². The summed E-state index contributed by atoms with van der Waals surface area (Å²) in [6, 6.07) is 0. The fourth-order valence-electron chi connectivity index (χ4n) is 7.00. The minimum atomic E-state index is 0.415. The van der Waals surface area contributed by atoms with Crippen LogP contribution in [-0.4, -0.2) is 34.7 Å². The lowest BCUT2D eigenvalue weighted by Crippen LogP contribution is -3.02. The molecule has 2 aliphatic carbocycles. The first-order valence-corrected chi connectivity index (χ1v) is 12.0. The van der Waals surface area contributed by atoms with Crippen LogP contribution in [0.3, 0.4) is 0 Å². The van der Waals surface area contributed by atoms with Crippen LogP contribution in [-0.2, 0) is 0 Å². The Morgan fingerprint density at radius 3 is 2.90 bits per heavy atom. The van der Waals surface area contributed by atoms with Gasteiger partial charge in [-0.2, -0.15) is 5.10 Å². The first-order valence-electron chi connectivity index (χ1n) is 12.0. The summed E-state index contributed by atoms with van der Waals surface area (Å²) in [5, 5.41) is 8.28. The minimum absolute atomic E-state index is 0.415. The molecular weight excluding hydrogens is 382 g/mol. The van der Waals surface area contributed by atoms with Crippen LogP contribution in [0.1, 0.15) is 72.6 Å². The van der Waals surface area contributed by atoms with Gasteiger partial charge in [-0.05, 0) is 74.2 Å². The number of nitrogens with zero attached hydrogens (tertiary/aromatic N) is 3. The van der Waals surface area contributed by atoms with Gasteiger partial charge < -0.3 is 5.73 Å². The topological polar surface area (TPSA) is 59.2 Å². The molecule has 0 aromatic carbocycles. The van der Waals surface area contributed by atoms with E-state index >= 15 is 0 Å². The average molecular weight is 424 g/mol. The zero-order chi connectivity index (χ0) is 22.4. The number of hydrogen-bond donors (Lipinski definition) is 2. The van der Waals surface area contributed by atoms with Crippen molar-refractivity contribution in [2.75, 3.05) is 19.3 Å². The van der Waals surface area contributed by atoms with Gasteiger partial charge in [-0.15, -0.1) is 4.58 Å². The summed E-state index contributed by atoms with van der Waals surface area (Å²) in [5.74, 6) is 2.38. The molecule has 0 saturated heterocycles. The third-order valence-electron chi connectivity index (χ3n) is 8.65. The Morgan fingerprint density at radius 1 is 1.35 bits per heavy atom. The fraction of sp³-hybridized carbons (Fsp3) is 0.654. The molecule has 1 aromatic heterocycles. The van der Waals surface area contributed by atoms with E-state index in [1.165, 1.54) is 49.7 Å². The van der Waals surface area contributed by atoms with E-state index in [1.54, 1.807) is 6.20 Å². The van der Waals surface area contributed by atoms with Gasteiger partial charge >= 0.3 is 17.8 Å². The van der Waals surface area contributed by atoms with E-state index in [2.05, 4.69) is 68.5 Å². The normalized spacial score (nSPS) is 32.4. The van der Waals surface area contributed by atoms with Crippen LogP contribution in [0, 0.1) is 22.7 Å². The number of nitrogens with two attached hydrogens (primary N) is 1. The summed E-state index contributed by atoms with van der Waals surface area (Å²) in [6.07, 6.45) is 15.2. The predicted molar refractivity (Wildman–Crippen MR) is 128 cm³/mol. The number of fused-ring (bicyclic) bond motifs is 2. The molecule has 1 aliphatic heterocycles. The summed E-state index contributed by atoms with van der Waals surface area (Å²) in [6.45, 7) is 15.2. The molecule has 168 valence electrons. The molecule has 0 spiro atoms. The van der Waals surface area contributed by atoms with E-state index in [9.17, 15) is 0 Å². The first kappa shape index (κ1) is 22.2. The number of anilines is 1. The molecule has 2 heterocycles. The van der Waals surface area contributed by atoms with Gasteiger partial charge in [0.15, 0.2) is 6.54 Å². The van der Waals surface area contributed by atoms with Crippen molar-refractivity contribution in [3.8, 4) is 0 Å². The number of quaternary nitrogens is 1. The van der Waals surface area contributed by atoms with Crippen LogP contribution < -0.4 is 10.6 Å². The van der Waals surface area contributed by atoms with E-state index in [0.29, 0.717) is 22.4 Å². The van der Waals surface area contributed by atoms with Gasteiger partial charge in [0.2, 0.25) is 0 Å². The van der Waals surface area contributed by atoms with Crippen molar-refractivity contribution in [1.29, 1.82) is 0 Å². The van der Waals surface area contributed by atoms with Gasteiger partial charge in [-0.25, -0.2) is 4.90 Å². The quantitative estimate of drug-likeness (QED) is 0.544. The first-order chi connectivity index (χ1) is 14.6. The van der Waals surface area contributed by atoms with Gasteiger partial charge in [0.25, 0.3) is 0 Å². The number of nitrogen functional groups attached to an aromatic ring is 1. The second-order valence-corrected chi connectivity index (χ2v) is 11.2. The summed E-state index contributed by atoms with van der Waals surface area (Å²) >= 11 is 0. The maximum Gasteiger partial charge on any atom is 0.337 e. The zero-order valence-corrected chi connectivity index (χ0v) is 20.2. The highest BCUT2D eigenvalue weighted by Crippen LogP contribution is 2.61. The Bertz CT molecular complexity index is 928. The lowest BCUT2D eigenvalue weighted by atomic mass is 9.47. The van der Waals surface area contributed by atoms with Crippen LogP contribution >= 0.6 is 0 Å². The van der Waals surface area contributed by atoms with E-state index < -0.39 is 0 Å². The summed E-state index contributed by atoms with van der Waals surface area (Å²) < 4.78 is 2.21. The van der Waals surface area contributed by atoms with Crippen LogP contribution in [0.2, 0.25) is 0 Å². The van der Waals surface area contributed by atoms with Crippen LogP contribution in [0.25, 0.3) is 0 Å². The van der Waals surface area contributed by atoms with Gasteiger partial charge in [0.1, 0.15) is 5.69 Å². The molecule has 5 heteroatoms. The van der Waals surface area contributed by atoms with Crippen molar-refractivity contribution in [1.82, 2.24) is 10.2 Å². The maximum atomic E-state index is 6.19. The van der Waals surface area contributed by atoms with Crippen LogP contribution in [0.5, 0.6) is 0 Å². The van der Waals surface area contributed by atoms with Gasteiger partial charge in [0, 0.05) is 0 Å². The number of hydrogen-bond acceptors (Lipinski definition) is 3. The van der Waals surface area contributed by atoms with Crippen LogP contribution in [0.4, 0.5) is 17.2 Å². The maximum absolute atomic E-state index is 6.19. The van der Waals surface area contributed by atoms with E-state index in [0.717, 1.165) is 35.3 Å². The predicted octanol–water partition coefficient (Wildman–Crippen LogP) is 4.42. The SMILES string of the molecule is C=C1CC[C@H]2C(C)(C)CCC[C@@]2(C)[C@@H]1CCC(C)=CC[N+]1=C[NH+](C)c2nncc(N)c21. The number of nitrogens with one attached hydrogen (secondary N) is 1. The number of aromatic nitrogens is 2. The molecule has 0 amide bonds. The number of rotatable bonds is 5. The molecule has 4 rings (SSSR count). The smallest absolute Gasteiger partial charge is 0.337 e. The zero-order valence-electron chi connectivity index (χ0n) is 20.2. The highest BCUT2D eigenvalue weighted by molar-refractivity contribution is 5.70. The monoisotopic (exact) mass is 423 g/mol. The summed E-state index contributed by atoms with van der Waals surface area (Å²) in [7, 11) is 2.07. The highest BCUT2D eigenvalue weighted by atomic mass is 15.3. The molecule has 2 fully saturated rings. The second-order valence-electron chi connectivity index (χ2n) is 11.2. The van der Waals surface area contributed by atoms with Crippen molar-refractivity contribution < 1.29 is 9.48 Å². The molecule has 1 aromatic rings. The van der Waals surface area contributed by atoms with E-state index in [-0.39, 0.29) is 0 Å². The summed E-state index contributed by atoms with van der Waals surface area (Å²) in [4.78, 5) is 1.12. The van der Waals surface area contributed by atoms with Gasteiger partial charge in [-0.3, -0.25) is 0 Å². The third-order valence-corrected chi connectivity index (χ3v) is 8.65. The fourth-order valence-corrected chi connectivity index (χ4v) is 7.00. The average Bonchev–Trinajstić information content (AvgIpc) is 3.02. The Labute approximate surface area is 188 Å². The van der Waals surface area contributed by atoms with Gasteiger partial charge in [-0.1, -0.05) is 50.0 Å². The Kier molecular flexibility index (Phi) is 5.84. The molecule has 2 saturated carbocycles. The third kappa shape index (κ3) is 3.97. The van der Waals surface area contributed by atoms with Crippen molar-refractivity contribution in [2.45, 2.75) is 72.6 Å². The lowest BCUT2D eigenvalue weighted by Gasteiger charge is -2.58. The molecular formula is C26H41N5+2. The molecule has 31 heavy (non-hydrogen) atoms. The van der Waals surface area contributed by atoms with Gasteiger partial charge in [0.05, 0.1) is 13.2 Å². The molecule has 5 nitrogen and oxygen atoms in total. The highest BCUT2D eigenvalue weighted by Gasteiger charge is 2.52. The summed E-state index contributed by atoms with van der Waals surface area (Å²) in [5.41, 5.74) is 11.7. The molecule has 4 atom stereocenters. The standard InChI is InChI=1S/C26H40N5/c1-18(12-15-31-17-30(6)24-23(31)21(27)16-28-29-24)8-10-20-19(2)9-11-22-25(3,4)13-7-14-26(20,22)5/h12,16-17,20,22H,2,7-11,13-15H2,1,3-6H3,(H2,27,29)/q+1/p+1/t20-,22+,26+/m1/s1.